The summed E-state index contributed by atoms with van der Waals surface area (Å²) in [6, 6.07) is 7.01. The maximum atomic E-state index is 13.3. The molecule has 1 saturated heterocycles. The zero-order valence-corrected chi connectivity index (χ0v) is 18.6. The lowest BCUT2D eigenvalue weighted by Crippen LogP contribution is -2.53. The first-order valence-electron chi connectivity index (χ1n) is 10.2. The van der Waals surface area contributed by atoms with Crippen LogP contribution in [0.2, 0.25) is 0 Å². The largest absolute Gasteiger partial charge is 0.335 e. The molecule has 1 aromatic heterocycles. The minimum absolute atomic E-state index is 0.194. The van der Waals surface area contributed by atoms with Crippen LogP contribution in [0, 0.1) is 0 Å². The summed E-state index contributed by atoms with van der Waals surface area (Å²) in [5.41, 5.74) is 0.0470. The van der Waals surface area contributed by atoms with Gasteiger partial charge in [0.05, 0.1) is 5.39 Å². The van der Waals surface area contributed by atoms with Gasteiger partial charge in [0.25, 0.3) is 21.7 Å². The van der Waals surface area contributed by atoms with Gasteiger partial charge in [0.15, 0.2) is 5.69 Å². The van der Waals surface area contributed by atoms with Crippen LogP contribution in [0.5, 0.6) is 0 Å². The molecule has 1 fully saturated rings. The Labute approximate surface area is 177 Å². The van der Waals surface area contributed by atoms with Crippen LogP contribution in [-0.4, -0.2) is 77.9 Å². The highest BCUT2D eigenvalue weighted by molar-refractivity contribution is 7.86. The number of hydrogen-bond donors (Lipinski definition) is 0. The molecule has 1 aromatic carbocycles. The number of rotatable bonds is 7. The fourth-order valence-electron chi connectivity index (χ4n) is 3.56. The highest BCUT2D eigenvalue weighted by Gasteiger charge is 2.31. The molecule has 1 amide bonds. The van der Waals surface area contributed by atoms with E-state index in [1.54, 1.807) is 29.2 Å². The molecular formula is C20H29N5O4S. The van der Waals surface area contributed by atoms with Crippen molar-refractivity contribution < 1.29 is 13.2 Å². The second-order valence-electron chi connectivity index (χ2n) is 7.61. The van der Waals surface area contributed by atoms with E-state index in [1.165, 1.54) is 27.4 Å². The van der Waals surface area contributed by atoms with Gasteiger partial charge in [-0.3, -0.25) is 9.59 Å². The maximum absolute atomic E-state index is 13.3. The number of carbonyl (C=O) groups is 1. The third-order valence-corrected chi connectivity index (χ3v) is 7.30. The van der Waals surface area contributed by atoms with E-state index < -0.39 is 10.2 Å². The van der Waals surface area contributed by atoms with Crippen molar-refractivity contribution in [2.75, 3.05) is 40.3 Å². The summed E-state index contributed by atoms with van der Waals surface area (Å²) in [6.45, 7) is 3.54. The predicted molar refractivity (Wildman–Crippen MR) is 116 cm³/mol. The minimum Gasteiger partial charge on any atom is -0.335 e. The Hall–Kier alpha value is -2.30. The van der Waals surface area contributed by atoms with Crippen molar-refractivity contribution in [2.24, 2.45) is 0 Å². The first-order valence-corrected chi connectivity index (χ1v) is 11.6. The number of carbonyl (C=O) groups excluding carboxylic acids is 1. The fraction of sp³-hybridized carbons (Fsp3) is 0.550. The van der Waals surface area contributed by atoms with Crippen molar-refractivity contribution in [3.05, 3.63) is 40.3 Å². The minimum atomic E-state index is -3.51. The summed E-state index contributed by atoms with van der Waals surface area (Å²) >= 11 is 0. The standard InChI is InChI=1S/C20H29N5O4S/c1-4-5-8-11-25-19(26)17-10-7-6-9-16(17)18(21-25)20(27)23-12-14-24(15-13-23)30(28,29)22(2)3/h6-7,9-10H,4-5,8,11-15H2,1-3H3. The number of nitrogens with zero attached hydrogens (tertiary/aromatic N) is 5. The molecule has 30 heavy (non-hydrogen) atoms. The molecule has 10 heteroatoms. The van der Waals surface area contributed by atoms with Gasteiger partial charge in [-0.25, -0.2) is 4.68 Å². The van der Waals surface area contributed by atoms with E-state index in [0.717, 1.165) is 19.3 Å². The molecule has 0 radical (unpaired) electrons. The van der Waals surface area contributed by atoms with Gasteiger partial charge in [-0.15, -0.1) is 0 Å². The van der Waals surface area contributed by atoms with Crippen molar-refractivity contribution in [1.82, 2.24) is 23.3 Å². The van der Waals surface area contributed by atoms with E-state index >= 15 is 0 Å². The van der Waals surface area contributed by atoms with Crippen molar-refractivity contribution in [3.63, 3.8) is 0 Å². The highest BCUT2D eigenvalue weighted by Crippen LogP contribution is 2.18. The lowest BCUT2D eigenvalue weighted by molar-refractivity contribution is 0.0688. The van der Waals surface area contributed by atoms with Crippen LogP contribution in [0.25, 0.3) is 10.8 Å². The van der Waals surface area contributed by atoms with E-state index in [4.69, 9.17) is 0 Å². The molecule has 0 spiro atoms. The Morgan fingerprint density at radius 2 is 1.70 bits per heavy atom. The quantitative estimate of drug-likeness (QED) is 0.608. The summed E-state index contributed by atoms with van der Waals surface area (Å²) < 4.78 is 28.6. The van der Waals surface area contributed by atoms with E-state index in [2.05, 4.69) is 12.0 Å². The lowest BCUT2D eigenvalue weighted by atomic mass is 10.1. The number of hydrogen-bond acceptors (Lipinski definition) is 5. The molecule has 0 aliphatic carbocycles. The summed E-state index contributed by atoms with van der Waals surface area (Å²) in [7, 11) is -0.524. The Morgan fingerprint density at radius 1 is 1.07 bits per heavy atom. The van der Waals surface area contributed by atoms with Crippen LogP contribution in [0.15, 0.2) is 29.1 Å². The summed E-state index contributed by atoms with van der Waals surface area (Å²) in [4.78, 5) is 27.7. The molecule has 2 heterocycles. The number of benzene rings is 1. The normalized spacial score (nSPS) is 15.8. The Balaban J connectivity index is 1.88. The Kier molecular flexibility index (Phi) is 6.89. The van der Waals surface area contributed by atoms with Crippen molar-refractivity contribution in [3.8, 4) is 0 Å². The summed E-state index contributed by atoms with van der Waals surface area (Å²) in [6.07, 6.45) is 2.82. The van der Waals surface area contributed by atoms with Gasteiger partial charge < -0.3 is 4.90 Å². The van der Waals surface area contributed by atoms with Crippen molar-refractivity contribution in [1.29, 1.82) is 0 Å². The molecule has 0 N–H and O–H groups in total. The maximum Gasteiger partial charge on any atom is 0.281 e. The van der Waals surface area contributed by atoms with E-state index in [1.807, 2.05) is 0 Å². The van der Waals surface area contributed by atoms with Gasteiger partial charge in [0.1, 0.15) is 0 Å². The third kappa shape index (κ3) is 4.40. The van der Waals surface area contributed by atoms with E-state index in [-0.39, 0.29) is 43.3 Å². The second kappa shape index (κ2) is 9.23. The molecular weight excluding hydrogens is 406 g/mol. The van der Waals surface area contributed by atoms with E-state index in [0.29, 0.717) is 17.3 Å². The molecule has 3 rings (SSSR count). The van der Waals surface area contributed by atoms with Gasteiger partial charge in [-0.1, -0.05) is 38.0 Å². The zero-order valence-electron chi connectivity index (χ0n) is 17.7. The van der Waals surface area contributed by atoms with Gasteiger partial charge in [-0.2, -0.15) is 22.1 Å². The Morgan fingerprint density at radius 3 is 2.30 bits per heavy atom. The average Bonchev–Trinajstić information content (AvgIpc) is 2.75. The van der Waals surface area contributed by atoms with Crippen molar-refractivity contribution >= 4 is 26.9 Å². The van der Waals surface area contributed by atoms with Crippen LogP contribution < -0.4 is 5.56 Å². The van der Waals surface area contributed by atoms with Crippen LogP contribution in [-0.2, 0) is 16.8 Å². The number of aryl methyl sites for hydroxylation is 1. The predicted octanol–water partition coefficient (Wildman–Crippen LogP) is 1.15. The SMILES string of the molecule is CCCCCn1nc(C(=O)N2CCN(S(=O)(=O)N(C)C)CC2)c2ccccc2c1=O. The van der Waals surface area contributed by atoms with E-state index in [9.17, 15) is 18.0 Å². The third-order valence-electron chi connectivity index (χ3n) is 5.36. The first kappa shape index (κ1) is 22.4. The first-order chi connectivity index (χ1) is 14.3. The number of fused-ring (bicyclic) bond motifs is 1. The molecule has 0 bridgehead atoms. The van der Waals surface area contributed by atoms with Crippen LogP contribution >= 0.6 is 0 Å². The molecule has 2 aromatic rings. The van der Waals surface area contributed by atoms with Gasteiger partial charge in [0, 0.05) is 52.2 Å². The number of amides is 1. The molecule has 0 atom stereocenters. The number of unbranched alkanes of at least 4 members (excludes halogenated alkanes) is 2. The molecule has 164 valence electrons. The van der Waals surface area contributed by atoms with Gasteiger partial charge >= 0.3 is 0 Å². The number of piperazine rings is 1. The molecule has 9 nitrogen and oxygen atoms in total. The van der Waals surface area contributed by atoms with Gasteiger partial charge in [0.2, 0.25) is 0 Å². The van der Waals surface area contributed by atoms with Gasteiger partial charge in [-0.05, 0) is 12.5 Å². The van der Waals surface area contributed by atoms with Crippen molar-refractivity contribution in [2.45, 2.75) is 32.7 Å². The average molecular weight is 436 g/mol. The topological polar surface area (TPSA) is 95.8 Å². The summed E-state index contributed by atoms with van der Waals surface area (Å²) in [5.74, 6) is -0.280. The zero-order chi connectivity index (χ0) is 21.9. The monoisotopic (exact) mass is 435 g/mol. The smallest absolute Gasteiger partial charge is 0.281 e. The second-order valence-corrected chi connectivity index (χ2v) is 9.75. The van der Waals surface area contributed by atoms with Crippen LogP contribution in [0.4, 0.5) is 0 Å². The highest BCUT2D eigenvalue weighted by atomic mass is 32.2. The molecule has 1 aliphatic heterocycles. The van der Waals surface area contributed by atoms with Crippen LogP contribution in [0.3, 0.4) is 0 Å². The molecule has 0 saturated carbocycles. The molecule has 1 aliphatic rings. The van der Waals surface area contributed by atoms with Crippen LogP contribution in [0.1, 0.15) is 36.7 Å². The Bertz CT molecular complexity index is 1070. The number of aromatic nitrogens is 2. The fourth-order valence-corrected chi connectivity index (χ4v) is 4.65. The molecule has 0 unspecified atom stereocenters. The summed E-state index contributed by atoms with van der Waals surface area (Å²) in [5, 5.41) is 5.42. The lowest BCUT2D eigenvalue weighted by Gasteiger charge is -2.35.